The number of aliphatic hydroxyl groups excluding tert-OH is 1. The third-order valence-corrected chi connectivity index (χ3v) is 3.88. The Morgan fingerprint density at radius 2 is 1.77 bits per heavy atom. The maximum absolute atomic E-state index is 12.6. The molecule has 0 saturated heterocycles. The van der Waals surface area contributed by atoms with Crippen LogP contribution in [0.2, 0.25) is 0 Å². The number of hydrogen-bond acceptors (Lipinski definition) is 8. The number of carbonyl (C=O) groups excluding carboxylic acids is 4. The molecule has 1 heterocycles. The van der Waals surface area contributed by atoms with Gasteiger partial charge in [-0.15, -0.1) is 0 Å². The Morgan fingerprint density at radius 1 is 1.10 bits per heavy atom. The second-order valence-electron chi connectivity index (χ2n) is 6.31. The zero-order valence-electron chi connectivity index (χ0n) is 16.0. The number of aliphatic hydroxyl groups is 1. The number of nitrogens with two attached hydrogens (primary N) is 2. The number of aliphatic carboxylic acids is 1. The highest BCUT2D eigenvalue weighted by Gasteiger charge is 2.28. The molecule has 3 atom stereocenters. The van der Waals surface area contributed by atoms with Gasteiger partial charge in [-0.1, -0.05) is 0 Å². The van der Waals surface area contributed by atoms with Crippen LogP contribution >= 0.6 is 0 Å². The number of aromatic amines is 1. The first-order valence-electron chi connectivity index (χ1n) is 8.86. The van der Waals surface area contributed by atoms with Gasteiger partial charge in [0.1, 0.15) is 18.6 Å². The molecule has 0 aromatic carbocycles. The quantitative estimate of drug-likeness (QED) is 0.151. The molecule has 4 amide bonds. The Hall–Kier alpha value is -3.52. The Bertz CT molecular complexity index is 753. The molecule has 14 nitrogen and oxygen atoms in total. The fourth-order valence-corrected chi connectivity index (χ4v) is 2.29. The number of amides is 4. The zero-order valence-corrected chi connectivity index (χ0v) is 16.0. The van der Waals surface area contributed by atoms with Gasteiger partial charge in [0.2, 0.25) is 23.6 Å². The monoisotopic (exact) mass is 427 g/mol. The third-order valence-electron chi connectivity index (χ3n) is 3.88. The van der Waals surface area contributed by atoms with Crippen molar-refractivity contribution in [3.8, 4) is 0 Å². The Kier molecular flexibility index (Phi) is 9.91. The van der Waals surface area contributed by atoms with E-state index in [0.29, 0.717) is 5.69 Å². The van der Waals surface area contributed by atoms with Gasteiger partial charge >= 0.3 is 5.97 Å². The summed E-state index contributed by atoms with van der Waals surface area (Å²) >= 11 is 0. The highest BCUT2D eigenvalue weighted by atomic mass is 16.4. The molecule has 1 aromatic heterocycles. The molecule has 0 spiro atoms. The molecule has 0 bridgehead atoms. The summed E-state index contributed by atoms with van der Waals surface area (Å²) in [5.74, 6) is -4.42. The van der Waals surface area contributed by atoms with E-state index in [4.69, 9.17) is 16.6 Å². The maximum Gasteiger partial charge on any atom is 0.322 e. The summed E-state index contributed by atoms with van der Waals surface area (Å²) in [5, 5.41) is 24.6. The van der Waals surface area contributed by atoms with Gasteiger partial charge in [0, 0.05) is 24.7 Å². The first kappa shape index (κ1) is 24.5. The molecular weight excluding hydrogens is 402 g/mol. The Labute approximate surface area is 170 Å². The molecule has 0 radical (unpaired) electrons. The summed E-state index contributed by atoms with van der Waals surface area (Å²) < 4.78 is 0. The topological polar surface area (TPSA) is 243 Å². The van der Waals surface area contributed by atoms with Crippen LogP contribution in [0.4, 0.5) is 0 Å². The molecule has 0 aliphatic rings. The number of carbonyl (C=O) groups is 5. The molecule has 0 saturated carbocycles. The van der Waals surface area contributed by atoms with Gasteiger partial charge in [-0.3, -0.25) is 24.0 Å². The van der Waals surface area contributed by atoms with Crippen LogP contribution in [0.5, 0.6) is 0 Å². The number of aromatic nitrogens is 2. The third kappa shape index (κ3) is 8.66. The van der Waals surface area contributed by atoms with E-state index in [1.54, 1.807) is 0 Å². The summed E-state index contributed by atoms with van der Waals surface area (Å²) in [6.45, 7) is -1.51. The SMILES string of the molecule is NC(=O)CCC(N)C(=O)NC(Cc1cnc[nH]1)C(=O)NC(CO)C(=O)NCC(=O)O. The lowest BCUT2D eigenvalue weighted by Gasteiger charge is -2.23. The first-order chi connectivity index (χ1) is 14.1. The standard InChI is InChI=1S/C16H25N7O7/c17-9(1-2-12(18)25)14(28)22-10(3-8-4-19-7-21-8)16(30)23-11(6-24)15(29)20-5-13(26)27/h4,7,9-11,24H,1-3,5-6,17H2,(H2,18,25)(H,19,21)(H,20,29)(H,22,28)(H,23,30)(H,26,27). The molecular formula is C16H25N7O7. The minimum absolute atomic E-state index is 0.0313. The minimum atomic E-state index is -1.44. The van der Waals surface area contributed by atoms with Gasteiger partial charge in [0.05, 0.1) is 19.0 Å². The van der Waals surface area contributed by atoms with Crippen molar-refractivity contribution in [3.05, 3.63) is 18.2 Å². The molecule has 14 heteroatoms. The predicted octanol–water partition coefficient (Wildman–Crippen LogP) is -4.29. The lowest BCUT2D eigenvalue weighted by atomic mass is 10.1. The van der Waals surface area contributed by atoms with Crippen LogP contribution in [0.25, 0.3) is 0 Å². The van der Waals surface area contributed by atoms with Gasteiger partial charge in [0.15, 0.2) is 0 Å². The molecule has 0 aliphatic carbocycles. The maximum atomic E-state index is 12.6. The van der Waals surface area contributed by atoms with Crippen molar-refractivity contribution in [1.82, 2.24) is 25.9 Å². The van der Waals surface area contributed by atoms with Gasteiger partial charge in [-0.05, 0) is 6.42 Å². The van der Waals surface area contributed by atoms with Crippen LogP contribution in [-0.2, 0) is 30.4 Å². The highest BCUT2D eigenvalue weighted by molar-refractivity contribution is 5.94. The van der Waals surface area contributed by atoms with E-state index in [2.05, 4.69) is 20.6 Å². The normalized spacial score (nSPS) is 13.5. The number of carboxylic acids is 1. The van der Waals surface area contributed by atoms with Crippen LogP contribution < -0.4 is 27.4 Å². The largest absolute Gasteiger partial charge is 0.480 e. The summed E-state index contributed by atoms with van der Waals surface area (Å²) in [6.07, 6.45) is 2.58. The van der Waals surface area contributed by atoms with Gasteiger partial charge in [-0.2, -0.15) is 0 Å². The molecule has 1 rings (SSSR count). The van der Waals surface area contributed by atoms with Gasteiger partial charge < -0.3 is 42.6 Å². The summed E-state index contributed by atoms with van der Waals surface area (Å²) in [4.78, 5) is 64.8. The number of primary amides is 1. The molecule has 0 fully saturated rings. The van der Waals surface area contributed by atoms with E-state index in [9.17, 15) is 29.1 Å². The number of rotatable bonds is 13. The van der Waals surface area contributed by atoms with Gasteiger partial charge in [0.25, 0.3) is 0 Å². The molecule has 30 heavy (non-hydrogen) atoms. The predicted molar refractivity (Wildman–Crippen MR) is 100 cm³/mol. The van der Waals surface area contributed by atoms with Crippen molar-refractivity contribution >= 4 is 29.6 Å². The average Bonchev–Trinajstić information content (AvgIpc) is 3.20. The van der Waals surface area contributed by atoms with Crippen molar-refractivity contribution in [2.45, 2.75) is 37.4 Å². The second kappa shape index (κ2) is 12.1. The number of hydrogen-bond donors (Lipinski definition) is 8. The van der Waals surface area contributed by atoms with Crippen LogP contribution in [0.15, 0.2) is 12.5 Å². The van der Waals surface area contributed by atoms with E-state index < -0.39 is 60.9 Å². The van der Waals surface area contributed by atoms with Crippen molar-refractivity contribution in [1.29, 1.82) is 0 Å². The minimum Gasteiger partial charge on any atom is -0.480 e. The molecule has 1 aromatic rings. The lowest BCUT2D eigenvalue weighted by Crippen LogP contribution is -2.57. The molecule has 3 unspecified atom stereocenters. The van der Waals surface area contributed by atoms with Gasteiger partial charge in [-0.25, -0.2) is 4.98 Å². The molecule has 0 aliphatic heterocycles. The van der Waals surface area contributed by atoms with Crippen molar-refractivity contribution in [2.75, 3.05) is 13.2 Å². The summed E-state index contributed by atoms with van der Waals surface area (Å²) in [6, 6.07) is -3.76. The summed E-state index contributed by atoms with van der Waals surface area (Å²) in [5.41, 5.74) is 11.2. The molecule has 10 N–H and O–H groups in total. The summed E-state index contributed by atoms with van der Waals surface area (Å²) in [7, 11) is 0. The highest BCUT2D eigenvalue weighted by Crippen LogP contribution is 2.02. The fourth-order valence-electron chi connectivity index (χ4n) is 2.29. The van der Waals surface area contributed by atoms with Crippen molar-refractivity contribution in [3.63, 3.8) is 0 Å². The van der Waals surface area contributed by atoms with E-state index in [1.165, 1.54) is 12.5 Å². The van der Waals surface area contributed by atoms with E-state index in [1.807, 2.05) is 5.32 Å². The number of carboxylic acid groups (broad SMARTS) is 1. The van der Waals surface area contributed by atoms with Crippen molar-refractivity contribution < 1.29 is 34.2 Å². The fraction of sp³-hybridized carbons (Fsp3) is 0.500. The number of H-pyrrole nitrogens is 1. The van der Waals surface area contributed by atoms with Crippen molar-refractivity contribution in [2.24, 2.45) is 11.5 Å². The zero-order chi connectivity index (χ0) is 22.7. The second-order valence-corrected chi connectivity index (χ2v) is 6.31. The number of imidazole rings is 1. The van der Waals surface area contributed by atoms with E-state index >= 15 is 0 Å². The van der Waals surface area contributed by atoms with E-state index in [-0.39, 0.29) is 19.3 Å². The first-order valence-corrected chi connectivity index (χ1v) is 8.86. The average molecular weight is 427 g/mol. The van der Waals surface area contributed by atoms with Crippen LogP contribution in [-0.4, -0.2) is 81.1 Å². The van der Waals surface area contributed by atoms with Crippen LogP contribution in [0.3, 0.4) is 0 Å². The smallest absolute Gasteiger partial charge is 0.322 e. The Balaban J connectivity index is 2.83. The number of nitrogens with one attached hydrogen (secondary N) is 4. The van der Waals surface area contributed by atoms with Crippen LogP contribution in [0.1, 0.15) is 18.5 Å². The molecule has 166 valence electrons. The Morgan fingerprint density at radius 3 is 2.30 bits per heavy atom. The van der Waals surface area contributed by atoms with E-state index in [0.717, 1.165) is 0 Å². The number of nitrogens with zero attached hydrogens (tertiary/aromatic N) is 1. The lowest BCUT2D eigenvalue weighted by molar-refractivity contribution is -0.139. The van der Waals surface area contributed by atoms with Crippen LogP contribution in [0, 0.1) is 0 Å².